The summed E-state index contributed by atoms with van der Waals surface area (Å²) in [5.41, 5.74) is -0.575. The molecule has 10 heteroatoms. The molecule has 0 spiro atoms. The van der Waals surface area contributed by atoms with Crippen molar-refractivity contribution in [3.8, 4) is 5.75 Å². The van der Waals surface area contributed by atoms with Crippen LogP contribution in [0.15, 0.2) is 5.38 Å². The molecule has 0 saturated carbocycles. The topological polar surface area (TPSA) is 125 Å². The zero-order chi connectivity index (χ0) is 18.8. The van der Waals surface area contributed by atoms with E-state index in [0.717, 1.165) is 11.3 Å². The van der Waals surface area contributed by atoms with Crippen molar-refractivity contribution in [3.05, 3.63) is 10.3 Å². The van der Waals surface area contributed by atoms with Gasteiger partial charge in [-0.05, 0) is 20.8 Å². The molecule has 0 aromatic carbocycles. The van der Waals surface area contributed by atoms with Crippen molar-refractivity contribution in [2.24, 2.45) is 0 Å². The van der Waals surface area contributed by atoms with Crippen LogP contribution in [0.5, 0.6) is 5.75 Å². The third kappa shape index (κ3) is 4.60. The Balaban J connectivity index is 2.18. The summed E-state index contributed by atoms with van der Waals surface area (Å²) in [4.78, 5) is 36.6. The molecule has 138 valence electrons. The number of fused-ring (bicyclic) bond motifs is 1. The number of thiophene rings is 1. The van der Waals surface area contributed by atoms with Gasteiger partial charge >= 0.3 is 12.1 Å². The molecule has 0 fully saturated rings. The van der Waals surface area contributed by atoms with Crippen molar-refractivity contribution in [2.45, 2.75) is 32.4 Å². The van der Waals surface area contributed by atoms with Gasteiger partial charge in [0.2, 0.25) is 0 Å². The summed E-state index contributed by atoms with van der Waals surface area (Å²) in [5.74, 6) is -1.36. The molecule has 1 aliphatic rings. The molecule has 1 unspecified atom stereocenters. The Morgan fingerprint density at radius 1 is 1.48 bits per heavy atom. The Morgan fingerprint density at radius 2 is 2.16 bits per heavy atom. The highest BCUT2D eigenvalue weighted by Crippen LogP contribution is 2.40. The molecule has 1 atom stereocenters. The summed E-state index contributed by atoms with van der Waals surface area (Å²) in [5, 5.41) is 22.8. The second-order valence-corrected chi connectivity index (χ2v) is 7.28. The zero-order valence-electron chi connectivity index (χ0n) is 14.1. The van der Waals surface area contributed by atoms with Crippen LogP contribution in [0, 0.1) is 0 Å². The number of carboxylic acids is 1. The molecule has 2 rings (SSSR count). The third-order valence-electron chi connectivity index (χ3n) is 3.19. The second-order valence-electron chi connectivity index (χ2n) is 6.40. The Hall–Kier alpha value is -2.33. The minimum atomic E-state index is -1.19. The Labute approximate surface area is 148 Å². The molecule has 3 N–H and O–H groups in total. The molecule has 0 aliphatic carbocycles. The number of carboxylic acid groups (broad SMARTS) is 1. The highest BCUT2D eigenvalue weighted by Gasteiger charge is 2.34. The zero-order valence-corrected chi connectivity index (χ0v) is 14.9. The minimum absolute atomic E-state index is 0.0444. The highest BCUT2D eigenvalue weighted by molar-refractivity contribution is 7.13. The van der Waals surface area contributed by atoms with Crippen LogP contribution in [0.2, 0.25) is 0 Å². The van der Waals surface area contributed by atoms with Gasteiger partial charge in [-0.2, -0.15) is 0 Å². The first-order valence-corrected chi connectivity index (χ1v) is 8.38. The van der Waals surface area contributed by atoms with Crippen LogP contribution in [-0.4, -0.2) is 59.6 Å². The van der Waals surface area contributed by atoms with E-state index in [1.807, 2.05) is 0 Å². The lowest BCUT2D eigenvalue weighted by atomic mass is 10.2. The molecule has 2 heterocycles. The number of aliphatic hydroxyl groups is 1. The number of ether oxygens (including phenoxy) is 2. The molecular formula is C15H20N2O7S. The normalized spacial score (nSPS) is 15.2. The SMILES string of the molecule is CC(C)(C)OC(=O)NC(CO)CN1C(=O)COc2csc(C(=O)O)c21. The Morgan fingerprint density at radius 3 is 2.72 bits per heavy atom. The molecule has 1 aromatic heterocycles. The number of nitrogens with one attached hydrogen (secondary N) is 1. The fourth-order valence-electron chi connectivity index (χ4n) is 2.22. The lowest BCUT2D eigenvalue weighted by Gasteiger charge is -2.31. The molecule has 0 saturated heterocycles. The fraction of sp³-hybridized carbons (Fsp3) is 0.533. The number of alkyl carbamates (subject to hydrolysis) is 1. The van der Waals surface area contributed by atoms with Crippen molar-refractivity contribution in [2.75, 3.05) is 24.7 Å². The van der Waals surface area contributed by atoms with Crippen molar-refractivity contribution in [1.82, 2.24) is 5.32 Å². The van der Waals surface area contributed by atoms with E-state index in [1.54, 1.807) is 20.8 Å². The van der Waals surface area contributed by atoms with E-state index in [1.165, 1.54) is 10.3 Å². The van der Waals surface area contributed by atoms with Crippen LogP contribution in [0.25, 0.3) is 0 Å². The van der Waals surface area contributed by atoms with Gasteiger partial charge in [-0.3, -0.25) is 4.79 Å². The molecule has 9 nitrogen and oxygen atoms in total. The lowest BCUT2D eigenvalue weighted by Crippen LogP contribution is -2.51. The van der Waals surface area contributed by atoms with Gasteiger partial charge < -0.3 is 29.9 Å². The number of hydrogen-bond donors (Lipinski definition) is 3. The van der Waals surface area contributed by atoms with Crippen LogP contribution in [0.4, 0.5) is 10.5 Å². The number of aliphatic hydroxyl groups excluding tert-OH is 1. The lowest BCUT2D eigenvalue weighted by molar-refractivity contribution is -0.121. The van der Waals surface area contributed by atoms with Crippen LogP contribution in [0.1, 0.15) is 30.4 Å². The van der Waals surface area contributed by atoms with Crippen molar-refractivity contribution in [1.29, 1.82) is 0 Å². The maximum absolute atomic E-state index is 12.2. The smallest absolute Gasteiger partial charge is 0.408 e. The minimum Gasteiger partial charge on any atom is -0.481 e. The van der Waals surface area contributed by atoms with Gasteiger partial charge in [0.05, 0.1) is 12.6 Å². The van der Waals surface area contributed by atoms with Crippen molar-refractivity contribution >= 4 is 35.0 Å². The number of hydrogen-bond acceptors (Lipinski definition) is 7. The van der Waals surface area contributed by atoms with Crippen LogP contribution in [0.3, 0.4) is 0 Å². The summed E-state index contributed by atoms with van der Waals surface area (Å²) in [6, 6.07) is -0.828. The third-order valence-corrected chi connectivity index (χ3v) is 4.13. The summed E-state index contributed by atoms with van der Waals surface area (Å²) in [6.45, 7) is 4.29. The van der Waals surface area contributed by atoms with Gasteiger partial charge in [-0.15, -0.1) is 11.3 Å². The maximum atomic E-state index is 12.2. The molecule has 1 aliphatic heterocycles. The second kappa shape index (κ2) is 7.28. The summed E-state index contributed by atoms with van der Waals surface area (Å²) >= 11 is 0.943. The quantitative estimate of drug-likeness (QED) is 0.705. The van der Waals surface area contributed by atoms with Gasteiger partial charge in [0.15, 0.2) is 12.4 Å². The number of anilines is 1. The fourth-order valence-corrected chi connectivity index (χ4v) is 3.05. The van der Waals surface area contributed by atoms with Gasteiger partial charge in [-0.25, -0.2) is 9.59 Å². The Bertz CT molecular complexity index is 680. The van der Waals surface area contributed by atoms with Gasteiger partial charge in [0, 0.05) is 11.9 Å². The molecular weight excluding hydrogens is 352 g/mol. The van der Waals surface area contributed by atoms with E-state index in [2.05, 4.69) is 5.32 Å². The summed E-state index contributed by atoms with van der Waals surface area (Å²) in [6.07, 6.45) is -0.740. The number of aromatic carboxylic acids is 1. The van der Waals surface area contributed by atoms with E-state index in [-0.39, 0.29) is 29.5 Å². The first-order valence-electron chi connectivity index (χ1n) is 7.50. The van der Waals surface area contributed by atoms with E-state index in [4.69, 9.17) is 9.47 Å². The molecule has 0 radical (unpaired) electrons. The monoisotopic (exact) mass is 372 g/mol. The number of carbonyl (C=O) groups excluding carboxylic acids is 2. The first kappa shape index (κ1) is 19.0. The number of nitrogens with zero attached hydrogens (tertiary/aromatic N) is 1. The molecule has 25 heavy (non-hydrogen) atoms. The van der Waals surface area contributed by atoms with Gasteiger partial charge in [0.1, 0.15) is 16.2 Å². The number of amides is 2. The molecule has 1 aromatic rings. The van der Waals surface area contributed by atoms with Crippen LogP contribution < -0.4 is 15.0 Å². The average Bonchev–Trinajstić information content (AvgIpc) is 2.91. The van der Waals surface area contributed by atoms with E-state index >= 15 is 0 Å². The average molecular weight is 372 g/mol. The Kier molecular flexibility index (Phi) is 5.53. The van der Waals surface area contributed by atoms with E-state index in [0.29, 0.717) is 0 Å². The summed E-state index contributed by atoms with van der Waals surface area (Å²) < 4.78 is 10.4. The number of carbonyl (C=O) groups is 3. The largest absolute Gasteiger partial charge is 0.481 e. The first-order chi connectivity index (χ1) is 11.6. The predicted molar refractivity (Wildman–Crippen MR) is 89.4 cm³/mol. The number of rotatable bonds is 5. The highest BCUT2D eigenvalue weighted by atomic mass is 32.1. The predicted octanol–water partition coefficient (Wildman–Crippen LogP) is 1.06. The molecule has 2 amide bonds. The standard InChI is InChI=1S/C15H20N2O7S/c1-15(2,3)24-14(22)16-8(5-18)4-17-10(19)6-23-9-7-25-12(11(9)17)13(20)21/h7-8,18H,4-6H2,1-3H3,(H,16,22)(H,20,21). The van der Waals surface area contributed by atoms with Crippen LogP contribution >= 0.6 is 11.3 Å². The maximum Gasteiger partial charge on any atom is 0.408 e. The van der Waals surface area contributed by atoms with E-state index < -0.39 is 36.2 Å². The van der Waals surface area contributed by atoms with Crippen LogP contribution in [-0.2, 0) is 9.53 Å². The van der Waals surface area contributed by atoms with Crippen molar-refractivity contribution in [3.63, 3.8) is 0 Å². The summed E-state index contributed by atoms with van der Waals surface area (Å²) in [7, 11) is 0. The van der Waals surface area contributed by atoms with Gasteiger partial charge in [-0.1, -0.05) is 0 Å². The van der Waals surface area contributed by atoms with Gasteiger partial charge in [0.25, 0.3) is 5.91 Å². The van der Waals surface area contributed by atoms with Crippen molar-refractivity contribution < 1.29 is 34.1 Å². The molecule has 0 bridgehead atoms. The van der Waals surface area contributed by atoms with E-state index in [9.17, 15) is 24.6 Å².